The lowest BCUT2D eigenvalue weighted by Crippen LogP contribution is -2.18. The van der Waals surface area contributed by atoms with E-state index in [2.05, 4.69) is 5.32 Å². The molecule has 0 bridgehead atoms. The van der Waals surface area contributed by atoms with Crippen LogP contribution in [-0.2, 0) is 11.2 Å². The smallest absolute Gasteiger partial charge is 0.138 e. The highest BCUT2D eigenvalue weighted by Crippen LogP contribution is 2.21. The summed E-state index contributed by atoms with van der Waals surface area (Å²) in [6.45, 7) is 3.62. The highest BCUT2D eigenvalue weighted by atomic mass is 35.5. The summed E-state index contributed by atoms with van der Waals surface area (Å²) < 4.78 is 0. The molecule has 4 heteroatoms. The molecule has 0 fully saturated rings. The molecule has 0 aromatic heterocycles. The predicted octanol–water partition coefficient (Wildman–Crippen LogP) is 3.10. The molecule has 0 saturated carbocycles. The molecule has 0 aliphatic heterocycles. The number of carbonyl (C=O) groups is 1. The van der Waals surface area contributed by atoms with Crippen molar-refractivity contribution in [2.75, 3.05) is 13.1 Å². The number of hydrogen-bond acceptors (Lipinski definition) is 2. The van der Waals surface area contributed by atoms with E-state index in [1.165, 1.54) is 0 Å². The normalized spacial score (nSPS) is 10.4. The summed E-state index contributed by atoms with van der Waals surface area (Å²) in [5.41, 5.74) is 0.840. The lowest BCUT2D eigenvalue weighted by Gasteiger charge is -2.04. The first kappa shape index (κ1) is 13.5. The van der Waals surface area contributed by atoms with Crippen LogP contribution in [0, 0.1) is 0 Å². The first-order valence-corrected chi connectivity index (χ1v) is 6.05. The van der Waals surface area contributed by atoms with Crippen molar-refractivity contribution < 1.29 is 4.79 Å². The number of hydrogen-bond donors (Lipinski definition) is 1. The van der Waals surface area contributed by atoms with E-state index >= 15 is 0 Å². The fraction of sp³-hybridized carbons (Fsp3) is 0.417. The first-order valence-electron chi connectivity index (χ1n) is 5.29. The number of ketones is 1. The van der Waals surface area contributed by atoms with Crippen LogP contribution in [0.15, 0.2) is 18.2 Å². The molecule has 0 heterocycles. The van der Waals surface area contributed by atoms with Crippen LogP contribution in [0.3, 0.4) is 0 Å². The van der Waals surface area contributed by atoms with Crippen LogP contribution < -0.4 is 5.32 Å². The minimum absolute atomic E-state index is 0.185. The largest absolute Gasteiger partial charge is 0.317 e. The second-order valence-electron chi connectivity index (χ2n) is 3.55. The van der Waals surface area contributed by atoms with Gasteiger partial charge in [-0.25, -0.2) is 0 Å². The van der Waals surface area contributed by atoms with E-state index in [0.29, 0.717) is 22.9 Å². The van der Waals surface area contributed by atoms with Gasteiger partial charge in [-0.3, -0.25) is 4.79 Å². The number of carbonyl (C=O) groups excluding carboxylic acids is 1. The Morgan fingerprint density at radius 1 is 1.38 bits per heavy atom. The van der Waals surface area contributed by atoms with E-state index in [4.69, 9.17) is 23.2 Å². The van der Waals surface area contributed by atoms with Crippen LogP contribution in [-0.4, -0.2) is 18.9 Å². The van der Waals surface area contributed by atoms with Gasteiger partial charge in [0.1, 0.15) is 5.78 Å². The molecule has 0 saturated heterocycles. The maximum absolute atomic E-state index is 11.6. The van der Waals surface area contributed by atoms with E-state index in [1.807, 2.05) is 6.92 Å². The van der Waals surface area contributed by atoms with E-state index in [1.54, 1.807) is 18.2 Å². The van der Waals surface area contributed by atoms with E-state index in [0.717, 1.165) is 18.7 Å². The molecule has 88 valence electrons. The minimum atomic E-state index is 0.185. The van der Waals surface area contributed by atoms with Crippen molar-refractivity contribution in [1.82, 2.24) is 5.32 Å². The molecule has 0 aliphatic rings. The van der Waals surface area contributed by atoms with Gasteiger partial charge in [-0.1, -0.05) is 36.2 Å². The Balaban J connectivity index is 2.49. The summed E-state index contributed by atoms with van der Waals surface area (Å²) in [7, 11) is 0. The molecule has 1 aromatic carbocycles. The highest BCUT2D eigenvalue weighted by Gasteiger charge is 2.07. The third-order valence-corrected chi connectivity index (χ3v) is 2.82. The maximum Gasteiger partial charge on any atom is 0.138 e. The van der Waals surface area contributed by atoms with Crippen molar-refractivity contribution in [3.63, 3.8) is 0 Å². The van der Waals surface area contributed by atoms with Crippen LogP contribution >= 0.6 is 23.2 Å². The Hall–Kier alpha value is -0.570. The van der Waals surface area contributed by atoms with Gasteiger partial charge in [0, 0.05) is 29.4 Å². The Morgan fingerprint density at radius 2 is 2.12 bits per heavy atom. The SMILES string of the molecule is CCNCCC(=O)Cc1ccc(Cl)cc1Cl. The summed E-state index contributed by atoms with van der Waals surface area (Å²) in [6, 6.07) is 5.21. The fourth-order valence-corrected chi connectivity index (χ4v) is 1.85. The molecule has 0 spiro atoms. The molecule has 0 unspecified atom stereocenters. The number of Topliss-reactive ketones (excluding diaryl/α,β-unsaturated/α-hetero) is 1. The standard InChI is InChI=1S/C12H15Cl2NO/c1-2-15-6-5-11(16)7-9-3-4-10(13)8-12(9)14/h3-4,8,15H,2,5-7H2,1H3. The topological polar surface area (TPSA) is 29.1 Å². The van der Waals surface area contributed by atoms with Crippen molar-refractivity contribution in [3.05, 3.63) is 33.8 Å². The lowest BCUT2D eigenvalue weighted by molar-refractivity contribution is -0.118. The summed E-state index contributed by atoms with van der Waals surface area (Å²) >= 11 is 11.8. The highest BCUT2D eigenvalue weighted by molar-refractivity contribution is 6.35. The molecular formula is C12H15Cl2NO. The third kappa shape index (κ3) is 4.52. The maximum atomic E-state index is 11.6. The third-order valence-electron chi connectivity index (χ3n) is 2.23. The van der Waals surface area contributed by atoms with Gasteiger partial charge in [-0.15, -0.1) is 0 Å². The van der Waals surface area contributed by atoms with E-state index in [9.17, 15) is 4.79 Å². The Morgan fingerprint density at radius 3 is 2.75 bits per heavy atom. The molecule has 0 aliphatic carbocycles. The Kier molecular flexibility index (Phi) is 5.81. The first-order chi connectivity index (χ1) is 7.63. The van der Waals surface area contributed by atoms with Gasteiger partial charge in [0.25, 0.3) is 0 Å². The quantitative estimate of drug-likeness (QED) is 0.796. The summed E-state index contributed by atoms with van der Waals surface area (Å²) in [5.74, 6) is 0.185. The molecule has 1 rings (SSSR count). The van der Waals surface area contributed by atoms with Gasteiger partial charge in [0.2, 0.25) is 0 Å². The summed E-state index contributed by atoms with van der Waals surface area (Å²) in [4.78, 5) is 11.6. The Labute approximate surface area is 106 Å². The zero-order chi connectivity index (χ0) is 12.0. The number of rotatable bonds is 6. The van der Waals surface area contributed by atoms with Crippen molar-refractivity contribution >= 4 is 29.0 Å². The molecule has 0 amide bonds. The van der Waals surface area contributed by atoms with Gasteiger partial charge in [-0.2, -0.15) is 0 Å². The molecule has 0 atom stereocenters. The van der Waals surface area contributed by atoms with Crippen molar-refractivity contribution in [2.24, 2.45) is 0 Å². The van der Waals surface area contributed by atoms with Gasteiger partial charge in [0.05, 0.1) is 0 Å². The zero-order valence-corrected chi connectivity index (χ0v) is 10.7. The fourth-order valence-electron chi connectivity index (χ4n) is 1.37. The van der Waals surface area contributed by atoms with Gasteiger partial charge < -0.3 is 5.32 Å². The molecule has 1 N–H and O–H groups in total. The van der Waals surface area contributed by atoms with Crippen LogP contribution in [0.4, 0.5) is 0 Å². The van der Waals surface area contributed by atoms with E-state index < -0.39 is 0 Å². The van der Waals surface area contributed by atoms with Gasteiger partial charge in [0.15, 0.2) is 0 Å². The molecule has 2 nitrogen and oxygen atoms in total. The minimum Gasteiger partial charge on any atom is -0.317 e. The molecular weight excluding hydrogens is 245 g/mol. The zero-order valence-electron chi connectivity index (χ0n) is 9.22. The average Bonchev–Trinajstić information content (AvgIpc) is 2.23. The van der Waals surface area contributed by atoms with Gasteiger partial charge in [-0.05, 0) is 24.2 Å². The van der Waals surface area contributed by atoms with Crippen molar-refractivity contribution in [3.8, 4) is 0 Å². The van der Waals surface area contributed by atoms with E-state index in [-0.39, 0.29) is 5.78 Å². The predicted molar refractivity (Wildman–Crippen MR) is 68.3 cm³/mol. The number of benzene rings is 1. The molecule has 16 heavy (non-hydrogen) atoms. The average molecular weight is 260 g/mol. The van der Waals surface area contributed by atoms with Crippen LogP contribution in [0.1, 0.15) is 18.9 Å². The van der Waals surface area contributed by atoms with Crippen molar-refractivity contribution in [2.45, 2.75) is 19.8 Å². The van der Waals surface area contributed by atoms with Gasteiger partial charge >= 0.3 is 0 Å². The Bertz CT molecular complexity index is 366. The summed E-state index contributed by atoms with van der Waals surface area (Å²) in [6.07, 6.45) is 0.911. The second kappa shape index (κ2) is 6.89. The second-order valence-corrected chi connectivity index (χ2v) is 4.40. The monoisotopic (exact) mass is 259 g/mol. The van der Waals surface area contributed by atoms with Crippen LogP contribution in [0.2, 0.25) is 10.0 Å². The van der Waals surface area contributed by atoms with Crippen molar-refractivity contribution in [1.29, 1.82) is 0 Å². The number of nitrogens with one attached hydrogen (secondary N) is 1. The van der Waals surface area contributed by atoms with Crippen LogP contribution in [0.25, 0.3) is 0 Å². The number of halogens is 2. The molecule has 0 radical (unpaired) electrons. The lowest BCUT2D eigenvalue weighted by atomic mass is 10.1. The summed E-state index contributed by atoms with van der Waals surface area (Å²) in [5, 5.41) is 4.26. The van der Waals surface area contributed by atoms with Crippen LogP contribution in [0.5, 0.6) is 0 Å². The molecule has 1 aromatic rings.